The molecule has 1 amide bonds. The van der Waals surface area contributed by atoms with E-state index in [4.69, 9.17) is 5.11 Å². The van der Waals surface area contributed by atoms with Crippen molar-refractivity contribution in [3.63, 3.8) is 0 Å². The van der Waals surface area contributed by atoms with E-state index in [-0.39, 0.29) is 37.9 Å². The van der Waals surface area contributed by atoms with Crippen LogP contribution in [0.25, 0.3) is 0 Å². The lowest BCUT2D eigenvalue weighted by atomic mass is 10.3. The van der Waals surface area contributed by atoms with Gasteiger partial charge in [-0.2, -0.15) is 12.7 Å². The van der Waals surface area contributed by atoms with E-state index in [9.17, 15) is 18.0 Å². The van der Waals surface area contributed by atoms with Gasteiger partial charge in [0.1, 0.15) is 0 Å². The Hall–Kier alpha value is -1.19. The third-order valence-electron chi connectivity index (χ3n) is 2.14. The second-order valence-electron chi connectivity index (χ2n) is 4.34. The fourth-order valence-corrected chi connectivity index (χ4v) is 2.08. The maximum absolute atomic E-state index is 11.6. The molecule has 0 aliphatic rings. The van der Waals surface area contributed by atoms with E-state index in [1.165, 1.54) is 7.05 Å². The van der Waals surface area contributed by atoms with Crippen molar-refractivity contribution >= 4 is 22.1 Å². The number of carboxylic acid groups (broad SMARTS) is 1. The number of carboxylic acids is 1. The van der Waals surface area contributed by atoms with Gasteiger partial charge in [-0.1, -0.05) is 0 Å². The molecule has 0 atom stereocenters. The van der Waals surface area contributed by atoms with Crippen molar-refractivity contribution in [2.45, 2.75) is 32.7 Å². The van der Waals surface area contributed by atoms with Crippen LogP contribution in [0.15, 0.2) is 0 Å². The average Bonchev–Trinajstić information content (AvgIpc) is 2.24. The van der Waals surface area contributed by atoms with Gasteiger partial charge in [-0.15, -0.1) is 0 Å². The fourth-order valence-electron chi connectivity index (χ4n) is 1.17. The number of hydrogen-bond donors (Lipinski definition) is 3. The standard InChI is InChI=1S/C10H21N3O5S/c1-8(2)12-9(14)4-6-11-19(17,18)13(3)7-5-10(15)16/h8,11H,4-7H2,1-3H3,(H,12,14)(H,15,16). The zero-order valence-electron chi connectivity index (χ0n) is 11.3. The lowest BCUT2D eigenvalue weighted by Gasteiger charge is -2.16. The summed E-state index contributed by atoms with van der Waals surface area (Å²) in [4.78, 5) is 21.6. The van der Waals surface area contributed by atoms with Crippen molar-refractivity contribution in [1.82, 2.24) is 14.3 Å². The molecule has 0 fully saturated rings. The molecular weight excluding hydrogens is 274 g/mol. The van der Waals surface area contributed by atoms with Gasteiger partial charge in [-0.05, 0) is 13.8 Å². The summed E-state index contributed by atoms with van der Waals surface area (Å²) in [7, 11) is -2.46. The monoisotopic (exact) mass is 295 g/mol. The number of aliphatic carboxylic acids is 1. The lowest BCUT2D eigenvalue weighted by Crippen LogP contribution is -2.41. The highest BCUT2D eigenvalue weighted by Gasteiger charge is 2.18. The predicted octanol–water partition coefficient (Wildman–Crippen LogP) is -0.858. The first-order valence-electron chi connectivity index (χ1n) is 5.87. The number of rotatable bonds is 9. The second kappa shape index (κ2) is 8.08. The van der Waals surface area contributed by atoms with Gasteiger partial charge in [0, 0.05) is 32.6 Å². The largest absolute Gasteiger partial charge is 0.481 e. The minimum Gasteiger partial charge on any atom is -0.481 e. The molecule has 0 spiro atoms. The van der Waals surface area contributed by atoms with Crippen LogP contribution in [-0.4, -0.2) is 55.9 Å². The highest BCUT2D eigenvalue weighted by Crippen LogP contribution is 1.96. The fraction of sp³-hybridized carbons (Fsp3) is 0.800. The summed E-state index contributed by atoms with van der Waals surface area (Å²) in [5.74, 6) is -1.32. The summed E-state index contributed by atoms with van der Waals surface area (Å²) >= 11 is 0. The third kappa shape index (κ3) is 8.51. The van der Waals surface area contributed by atoms with Gasteiger partial charge in [-0.25, -0.2) is 4.72 Å². The Morgan fingerprint density at radius 3 is 2.32 bits per heavy atom. The minimum absolute atomic E-state index is 0.00217. The SMILES string of the molecule is CC(C)NC(=O)CCNS(=O)(=O)N(C)CCC(=O)O. The van der Waals surface area contributed by atoms with Crippen molar-refractivity contribution < 1.29 is 23.1 Å². The van der Waals surface area contributed by atoms with E-state index in [1.807, 2.05) is 13.8 Å². The molecule has 0 aromatic rings. The molecule has 0 aromatic heterocycles. The summed E-state index contributed by atoms with van der Waals surface area (Å²) in [5, 5.41) is 11.1. The molecule has 3 N–H and O–H groups in total. The van der Waals surface area contributed by atoms with Crippen molar-refractivity contribution in [3.05, 3.63) is 0 Å². The first kappa shape index (κ1) is 17.8. The molecule has 0 saturated carbocycles. The highest BCUT2D eigenvalue weighted by molar-refractivity contribution is 7.87. The molecule has 112 valence electrons. The van der Waals surface area contributed by atoms with E-state index in [2.05, 4.69) is 10.0 Å². The molecule has 0 saturated heterocycles. The topological polar surface area (TPSA) is 116 Å². The number of nitrogens with zero attached hydrogens (tertiary/aromatic N) is 1. The van der Waals surface area contributed by atoms with Gasteiger partial charge in [0.25, 0.3) is 10.2 Å². The Balaban J connectivity index is 4.09. The molecule has 0 aliphatic carbocycles. The third-order valence-corrected chi connectivity index (χ3v) is 3.71. The molecule has 0 unspecified atom stereocenters. The molecule has 0 rings (SSSR count). The summed E-state index contributed by atoms with van der Waals surface area (Å²) in [6.07, 6.45) is -0.241. The first-order chi connectivity index (χ1) is 8.65. The van der Waals surface area contributed by atoms with Crippen molar-refractivity contribution in [2.75, 3.05) is 20.1 Å². The summed E-state index contributed by atoms with van der Waals surface area (Å²) in [6, 6.07) is 0.00217. The van der Waals surface area contributed by atoms with E-state index in [0.717, 1.165) is 4.31 Å². The van der Waals surface area contributed by atoms with Gasteiger partial charge in [0.2, 0.25) is 5.91 Å². The molecule has 19 heavy (non-hydrogen) atoms. The summed E-state index contributed by atoms with van der Waals surface area (Å²) < 4.78 is 26.4. The molecular formula is C10H21N3O5S. The van der Waals surface area contributed by atoms with Gasteiger partial charge in [-0.3, -0.25) is 9.59 Å². The number of nitrogens with one attached hydrogen (secondary N) is 2. The molecule has 0 aromatic carbocycles. The Morgan fingerprint density at radius 1 is 1.26 bits per heavy atom. The second-order valence-corrected chi connectivity index (χ2v) is 6.20. The van der Waals surface area contributed by atoms with E-state index in [0.29, 0.717) is 0 Å². The van der Waals surface area contributed by atoms with E-state index >= 15 is 0 Å². The van der Waals surface area contributed by atoms with Crippen LogP contribution >= 0.6 is 0 Å². The van der Waals surface area contributed by atoms with Crippen molar-refractivity contribution in [2.24, 2.45) is 0 Å². The number of amides is 1. The van der Waals surface area contributed by atoms with Crippen LogP contribution in [0, 0.1) is 0 Å². The average molecular weight is 295 g/mol. The molecule has 0 radical (unpaired) electrons. The smallest absolute Gasteiger partial charge is 0.304 e. The normalized spacial score (nSPS) is 11.8. The molecule has 8 nitrogen and oxygen atoms in total. The van der Waals surface area contributed by atoms with Crippen LogP contribution in [0.1, 0.15) is 26.7 Å². The molecule has 9 heteroatoms. The van der Waals surface area contributed by atoms with Crippen LogP contribution in [0.2, 0.25) is 0 Å². The van der Waals surface area contributed by atoms with Gasteiger partial charge < -0.3 is 10.4 Å². The first-order valence-corrected chi connectivity index (χ1v) is 7.31. The zero-order chi connectivity index (χ0) is 15.1. The summed E-state index contributed by atoms with van der Waals surface area (Å²) in [6.45, 7) is 3.46. The van der Waals surface area contributed by atoms with Crippen molar-refractivity contribution in [1.29, 1.82) is 0 Å². The Labute approximate surface area is 113 Å². The van der Waals surface area contributed by atoms with Crippen LogP contribution < -0.4 is 10.0 Å². The highest BCUT2D eigenvalue weighted by atomic mass is 32.2. The Kier molecular flexibility index (Phi) is 7.57. The van der Waals surface area contributed by atoms with E-state index in [1.54, 1.807) is 0 Å². The van der Waals surface area contributed by atoms with Crippen LogP contribution in [0.5, 0.6) is 0 Å². The van der Waals surface area contributed by atoms with Gasteiger partial charge in [0.05, 0.1) is 6.42 Å². The van der Waals surface area contributed by atoms with Crippen LogP contribution in [0.4, 0.5) is 0 Å². The van der Waals surface area contributed by atoms with Crippen LogP contribution in [-0.2, 0) is 19.8 Å². The number of carbonyl (C=O) groups is 2. The van der Waals surface area contributed by atoms with Crippen LogP contribution in [0.3, 0.4) is 0 Å². The molecule has 0 heterocycles. The predicted molar refractivity (Wildman–Crippen MR) is 69.7 cm³/mol. The quantitative estimate of drug-likeness (QED) is 0.512. The minimum atomic E-state index is -3.74. The van der Waals surface area contributed by atoms with E-state index < -0.39 is 16.2 Å². The number of carbonyl (C=O) groups excluding carboxylic acids is 1. The lowest BCUT2D eigenvalue weighted by molar-refractivity contribution is -0.137. The number of hydrogen-bond acceptors (Lipinski definition) is 4. The maximum Gasteiger partial charge on any atom is 0.304 e. The molecule has 0 aliphatic heterocycles. The summed E-state index contributed by atoms with van der Waals surface area (Å²) in [5.41, 5.74) is 0. The molecule has 0 bridgehead atoms. The van der Waals surface area contributed by atoms with Gasteiger partial charge in [0.15, 0.2) is 0 Å². The zero-order valence-corrected chi connectivity index (χ0v) is 12.2. The Bertz CT molecular complexity index is 407. The van der Waals surface area contributed by atoms with Gasteiger partial charge >= 0.3 is 5.97 Å². The Morgan fingerprint density at radius 2 is 1.84 bits per heavy atom. The maximum atomic E-state index is 11.6. The van der Waals surface area contributed by atoms with Crippen molar-refractivity contribution in [3.8, 4) is 0 Å².